The Morgan fingerprint density at radius 3 is 2.75 bits per heavy atom. The maximum absolute atomic E-state index is 10.6. The molecule has 0 bridgehead atoms. The molecule has 1 N–H and O–H groups in total. The zero-order valence-electron chi connectivity index (χ0n) is 12.9. The van der Waals surface area contributed by atoms with Crippen LogP contribution in [0.25, 0.3) is 17.3 Å². The summed E-state index contributed by atoms with van der Waals surface area (Å²) in [5.74, 6) is 0.165. The van der Waals surface area contributed by atoms with Crippen LogP contribution in [0.5, 0.6) is 5.88 Å². The molecule has 1 aromatic heterocycles. The van der Waals surface area contributed by atoms with E-state index in [2.05, 4.69) is 18.0 Å². The van der Waals surface area contributed by atoms with Gasteiger partial charge in [0.2, 0.25) is 5.88 Å². The summed E-state index contributed by atoms with van der Waals surface area (Å²) < 4.78 is 2.31. The fraction of sp³-hybridized carbons (Fsp3) is 0.0526. The third kappa shape index (κ3) is 2.52. The predicted octanol–water partition coefficient (Wildman–Crippen LogP) is 5.54. The molecule has 4 rings (SSSR count). The molecule has 0 fully saturated rings. The van der Waals surface area contributed by atoms with Crippen molar-refractivity contribution in [3.63, 3.8) is 0 Å². The number of nitrogens with zero attached hydrogens (tertiary/aromatic N) is 2. The van der Waals surface area contributed by atoms with Gasteiger partial charge in [-0.3, -0.25) is 9.56 Å². The van der Waals surface area contributed by atoms with E-state index in [0.29, 0.717) is 3.95 Å². The van der Waals surface area contributed by atoms with Gasteiger partial charge in [-0.1, -0.05) is 29.8 Å². The lowest BCUT2D eigenvalue weighted by Gasteiger charge is -2.04. The van der Waals surface area contributed by atoms with Crippen molar-refractivity contribution < 1.29 is 5.11 Å². The van der Waals surface area contributed by atoms with E-state index in [9.17, 15) is 5.11 Å². The van der Waals surface area contributed by atoms with Gasteiger partial charge in [-0.25, -0.2) is 0 Å². The van der Waals surface area contributed by atoms with E-state index in [1.165, 1.54) is 16.9 Å². The van der Waals surface area contributed by atoms with Crippen LogP contribution in [0.15, 0.2) is 53.5 Å². The smallest absolute Gasteiger partial charge is 0.215 e. The van der Waals surface area contributed by atoms with E-state index in [0.717, 1.165) is 27.4 Å². The maximum Gasteiger partial charge on any atom is 0.215 e. The molecule has 5 heteroatoms. The number of aromatic hydroxyl groups is 1. The third-order valence-corrected chi connectivity index (χ3v) is 5.23. The fourth-order valence-electron chi connectivity index (χ4n) is 2.74. The quantitative estimate of drug-likeness (QED) is 0.616. The Morgan fingerprint density at radius 2 is 1.96 bits per heavy atom. The van der Waals surface area contributed by atoms with Crippen LogP contribution in [0.1, 0.15) is 16.0 Å². The monoisotopic (exact) mass is 350 g/mol. The molecule has 0 saturated carbocycles. The lowest BCUT2D eigenvalue weighted by Crippen LogP contribution is -1.92. The average Bonchev–Trinajstić information content (AvgIpc) is 3.09. The summed E-state index contributed by atoms with van der Waals surface area (Å²) in [7, 11) is 0. The molecule has 0 spiro atoms. The predicted molar refractivity (Wildman–Crippen MR) is 103 cm³/mol. The van der Waals surface area contributed by atoms with Crippen LogP contribution >= 0.6 is 23.6 Å². The molecule has 0 aliphatic carbocycles. The van der Waals surface area contributed by atoms with Gasteiger partial charge in [0.05, 0.1) is 16.3 Å². The number of thiazole rings is 1. The van der Waals surface area contributed by atoms with Crippen molar-refractivity contribution in [3.05, 3.63) is 68.5 Å². The Kier molecular flexibility index (Phi) is 3.67. The van der Waals surface area contributed by atoms with Crippen LogP contribution in [0.3, 0.4) is 0 Å². The highest BCUT2D eigenvalue weighted by atomic mass is 32.1. The van der Waals surface area contributed by atoms with Crippen LogP contribution in [0.4, 0.5) is 5.69 Å². The molecule has 3 nitrogen and oxygen atoms in total. The zero-order valence-corrected chi connectivity index (χ0v) is 14.6. The molecule has 0 radical (unpaired) electrons. The number of hydrogen-bond donors (Lipinski definition) is 1. The Morgan fingerprint density at radius 1 is 1.17 bits per heavy atom. The molecule has 0 unspecified atom stereocenters. The minimum atomic E-state index is 0.165. The number of allylic oxidation sites excluding steroid dienone is 1. The van der Waals surface area contributed by atoms with E-state index in [1.807, 2.05) is 54.8 Å². The van der Waals surface area contributed by atoms with Crippen LogP contribution < -0.4 is 0 Å². The molecule has 0 amide bonds. The number of aliphatic imine (C=N–C) groups is 1. The number of rotatable bonds is 2. The number of para-hydroxylation sites is 1. The molecular weight excluding hydrogens is 336 g/mol. The second kappa shape index (κ2) is 5.85. The van der Waals surface area contributed by atoms with Crippen LogP contribution in [-0.4, -0.2) is 15.9 Å². The number of fused-ring (bicyclic) bond motifs is 1. The zero-order chi connectivity index (χ0) is 16.7. The Bertz CT molecular complexity index is 1040. The van der Waals surface area contributed by atoms with Gasteiger partial charge in [0.15, 0.2) is 3.95 Å². The lowest BCUT2D eigenvalue weighted by molar-refractivity contribution is 0.441. The first-order chi connectivity index (χ1) is 11.6. The van der Waals surface area contributed by atoms with Gasteiger partial charge in [0.25, 0.3) is 0 Å². The van der Waals surface area contributed by atoms with Crippen molar-refractivity contribution in [1.82, 2.24) is 4.57 Å². The second-order valence-electron chi connectivity index (χ2n) is 5.61. The first kappa shape index (κ1) is 15.1. The SMILES string of the molecule is Cc1ccc2c(c1)/C(=C/c1sc(=S)n(-c3ccccc3)c1O)C=N2. The molecule has 0 saturated heterocycles. The van der Waals surface area contributed by atoms with E-state index in [1.54, 1.807) is 4.57 Å². The maximum atomic E-state index is 10.6. The van der Waals surface area contributed by atoms with Gasteiger partial charge in [0, 0.05) is 17.4 Å². The second-order valence-corrected chi connectivity index (χ2v) is 7.28. The molecule has 2 heterocycles. The van der Waals surface area contributed by atoms with Crippen molar-refractivity contribution in [2.75, 3.05) is 0 Å². The first-order valence-corrected chi connectivity index (χ1v) is 8.73. The van der Waals surface area contributed by atoms with Crippen molar-refractivity contribution in [1.29, 1.82) is 0 Å². The van der Waals surface area contributed by atoms with Gasteiger partial charge >= 0.3 is 0 Å². The van der Waals surface area contributed by atoms with Crippen LogP contribution in [-0.2, 0) is 0 Å². The minimum absolute atomic E-state index is 0.165. The summed E-state index contributed by atoms with van der Waals surface area (Å²) in [6, 6.07) is 15.8. The highest BCUT2D eigenvalue weighted by molar-refractivity contribution is 7.73. The van der Waals surface area contributed by atoms with Gasteiger partial charge in [0.1, 0.15) is 0 Å². The normalized spacial score (nSPS) is 14.3. The summed E-state index contributed by atoms with van der Waals surface area (Å²) in [5.41, 5.74) is 5.07. The molecule has 2 aromatic carbocycles. The number of benzene rings is 2. The van der Waals surface area contributed by atoms with Crippen molar-refractivity contribution in [2.45, 2.75) is 6.92 Å². The molecule has 24 heavy (non-hydrogen) atoms. The van der Waals surface area contributed by atoms with Gasteiger partial charge < -0.3 is 5.11 Å². The highest BCUT2D eigenvalue weighted by Crippen LogP contribution is 2.37. The van der Waals surface area contributed by atoms with E-state index >= 15 is 0 Å². The minimum Gasteiger partial charge on any atom is -0.493 e. The Labute approximate surface area is 148 Å². The highest BCUT2D eigenvalue weighted by Gasteiger charge is 2.16. The topological polar surface area (TPSA) is 37.5 Å². The fourth-order valence-corrected chi connectivity index (χ4v) is 4.04. The van der Waals surface area contributed by atoms with Gasteiger partial charge in [-0.15, -0.1) is 11.3 Å². The van der Waals surface area contributed by atoms with Crippen LogP contribution in [0.2, 0.25) is 0 Å². The third-order valence-electron chi connectivity index (χ3n) is 3.92. The number of aromatic nitrogens is 1. The lowest BCUT2D eigenvalue weighted by atomic mass is 10.0. The van der Waals surface area contributed by atoms with Gasteiger partial charge in [-0.05, 0) is 49.5 Å². The molecule has 118 valence electrons. The largest absolute Gasteiger partial charge is 0.493 e. The van der Waals surface area contributed by atoms with Crippen molar-refractivity contribution >= 4 is 47.1 Å². The molecular formula is C19H14N2OS2. The molecule has 3 aromatic rings. The van der Waals surface area contributed by atoms with Crippen molar-refractivity contribution in [3.8, 4) is 11.6 Å². The molecule has 1 aliphatic heterocycles. The number of aryl methyl sites for hydroxylation is 1. The van der Waals surface area contributed by atoms with E-state index in [-0.39, 0.29) is 5.88 Å². The average molecular weight is 350 g/mol. The van der Waals surface area contributed by atoms with Crippen LogP contribution in [0, 0.1) is 10.9 Å². The summed E-state index contributed by atoms with van der Waals surface area (Å²) in [5, 5.41) is 10.6. The molecule has 1 aliphatic rings. The summed E-state index contributed by atoms with van der Waals surface area (Å²) >= 11 is 6.83. The van der Waals surface area contributed by atoms with Gasteiger partial charge in [-0.2, -0.15) is 0 Å². The first-order valence-electron chi connectivity index (χ1n) is 7.50. The standard InChI is InChI=1S/C19H14N2OS2/c1-12-7-8-16-15(9-12)13(11-20-16)10-17-18(22)21(19(23)24-17)14-5-3-2-4-6-14/h2-11,22H,1H3/b13-10+. The summed E-state index contributed by atoms with van der Waals surface area (Å²) in [6.45, 7) is 2.06. The Hall–Kier alpha value is -2.50. The van der Waals surface area contributed by atoms with E-state index < -0.39 is 0 Å². The molecule has 0 atom stereocenters. The van der Waals surface area contributed by atoms with E-state index in [4.69, 9.17) is 12.2 Å². The summed E-state index contributed by atoms with van der Waals surface area (Å²) in [6.07, 6.45) is 3.78. The van der Waals surface area contributed by atoms with Crippen molar-refractivity contribution in [2.24, 2.45) is 4.99 Å². The Balaban J connectivity index is 1.83. The summed E-state index contributed by atoms with van der Waals surface area (Å²) in [4.78, 5) is 5.17. The number of hydrogen-bond acceptors (Lipinski definition) is 4.